The maximum atomic E-state index is 11.9. The molecule has 0 spiro atoms. The van der Waals surface area contributed by atoms with Crippen LogP contribution < -0.4 is 0 Å². The first-order valence-corrected chi connectivity index (χ1v) is 6.57. The van der Waals surface area contributed by atoms with Gasteiger partial charge in [0.25, 0.3) is 0 Å². The number of carbonyl (C=O) groups excluding carboxylic acids is 1. The highest BCUT2D eigenvalue weighted by atomic mass is 35.5. The zero-order chi connectivity index (χ0) is 11.3. The van der Waals surface area contributed by atoms with Crippen LogP contribution in [-0.2, 0) is 4.79 Å². The number of amides is 1. The van der Waals surface area contributed by atoms with Crippen LogP contribution in [0.3, 0.4) is 0 Å². The van der Waals surface area contributed by atoms with Crippen molar-refractivity contribution < 1.29 is 4.79 Å². The van der Waals surface area contributed by atoms with E-state index in [0.717, 1.165) is 31.8 Å². The molecular weight excluding hydrogens is 210 g/mol. The Morgan fingerprint density at radius 3 is 2.80 bits per heavy atom. The summed E-state index contributed by atoms with van der Waals surface area (Å²) in [6.07, 6.45) is 4.83. The van der Waals surface area contributed by atoms with E-state index in [-0.39, 0.29) is 11.8 Å². The van der Waals surface area contributed by atoms with Crippen molar-refractivity contribution in [3.05, 3.63) is 0 Å². The summed E-state index contributed by atoms with van der Waals surface area (Å²) in [7, 11) is 0. The van der Waals surface area contributed by atoms with Gasteiger partial charge in [-0.1, -0.05) is 20.3 Å². The van der Waals surface area contributed by atoms with E-state index in [4.69, 9.17) is 11.6 Å². The fourth-order valence-electron chi connectivity index (χ4n) is 2.17. The monoisotopic (exact) mass is 231 g/mol. The van der Waals surface area contributed by atoms with Gasteiger partial charge in [-0.25, -0.2) is 0 Å². The van der Waals surface area contributed by atoms with Crippen LogP contribution in [0, 0.1) is 11.8 Å². The molecule has 88 valence electrons. The molecular formula is C12H22ClNO. The lowest BCUT2D eigenvalue weighted by atomic mass is 9.98. The highest BCUT2D eigenvalue weighted by molar-refractivity contribution is 6.19. The molecule has 0 radical (unpaired) electrons. The summed E-state index contributed by atoms with van der Waals surface area (Å²) in [5, 5.41) is 0. The molecule has 15 heavy (non-hydrogen) atoms. The van der Waals surface area contributed by atoms with Crippen LogP contribution in [0.2, 0.25) is 0 Å². The van der Waals surface area contributed by atoms with Crippen molar-refractivity contribution in [2.45, 2.75) is 39.5 Å². The molecule has 1 amide bonds. The Morgan fingerprint density at radius 2 is 2.20 bits per heavy atom. The van der Waals surface area contributed by atoms with Crippen molar-refractivity contribution in [3.63, 3.8) is 0 Å². The van der Waals surface area contributed by atoms with Crippen LogP contribution in [0.25, 0.3) is 0 Å². The van der Waals surface area contributed by atoms with Gasteiger partial charge in [0.1, 0.15) is 0 Å². The van der Waals surface area contributed by atoms with Crippen molar-refractivity contribution >= 4 is 17.5 Å². The SMILES string of the molecule is CCC1CCCN(C(=O)C(C)CCl)CC1. The quantitative estimate of drug-likeness (QED) is 0.684. The topological polar surface area (TPSA) is 20.3 Å². The Morgan fingerprint density at radius 1 is 1.47 bits per heavy atom. The molecule has 0 aromatic carbocycles. The summed E-state index contributed by atoms with van der Waals surface area (Å²) < 4.78 is 0. The summed E-state index contributed by atoms with van der Waals surface area (Å²) in [5.74, 6) is 1.47. The Labute approximate surface area is 98.0 Å². The van der Waals surface area contributed by atoms with Crippen molar-refractivity contribution in [1.29, 1.82) is 0 Å². The molecule has 0 N–H and O–H groups in total. The van der Waals surface area contributed by atoms with Gasteiger partial charge in [-0.3, -0.25) is 4.79 Å². The predicted molar refractivity (Wildman–Crippen MR) is 64.1 cm³/mol. The zero-order valence-corrected chi connectivity index (χ0v) is 10.6. The molecule has 1 fully saturated rings. The van der Waals surface area contributed by atoms with E-state index in [1.807, 2.05) is 11.8 Å². The van der Waals surface area contributed by atoms with Gasteiger partial charge >= 0.3 is 0 Å². The van der Waals surface area contributed by atoms with Crippen molar-refractivity contribution in [2.75, 3.05) is 19.0 Å². The summed E-state index contributed by atoms with van der Waals surface area (Å²) in [6.45, 7) is 6.01. The molecule has 2 unspecified atom stereocenters. The molecule has 0 saturated carbocycles. The molecule has 1 aliphatic heterocycles. The summed E-state index contributed by atoms with van der Waals surface area (Å²) >= 11 is 5.72. The first-order valence-electron chi connectivity index (χ1n) is 6.03. The van der Waals surface area contributed by atoms with Gasteiger partial charge in [0.15, 0.2) is 0 Å². The molecule has 1 saturated heterocycles. The first-order chi connectivity index (χ1) is 7.19. The van der Waals surface area contributed by atoms with Crippen LogP contribution in [0.5, 0.6) is 0 Å². The summed E-state index contributed by atoms with van der Waals surface area (Å²) in [5.41, 5.74) is 0. The molecule has 0 aromatic rings. The standard InChI is InChI=1S/C12H22ClNO/c1-3-11-5-4-7-14(8-6-11)12(15)10(2)9-13/h10-11H,3-9H2,1-2H3. The maximum absolute atomic E-state index is 11.9. The van der Waals surface area contributed by atoms with Gasteiger partial charge in [-0.2, -0.15) is 0 Å². The van der Waals surface area contributed by atoms with E-state index in [1.165, 1.54) is 12.8 Å². The van der Waals surface area contributed by atoms with Crippen LogP contribution in [0.1, 0.15) is 39.5 Å². The number of rotatable bonds is 3. The number of halogens is 1. The number of hydrogen-bond acceptors (Lipinski definition) is 1. The lowest BCUT2D eigenvalue weighted by molar-refractivity contribution is -0.134. The Kier molecular flexibility index (Phi) is 5.44. The lowest BCUT2D eigenvalue weighted by Gasteiger charge is -2.23. The highest BCUT2D eigenvalue weighted by Gasteiger charge is 2.22. The molecule has 2 atom stereocenters. The minimum absolute atomic E-state index is 0.0233. The molecule has 1 heterocycles. The van der Waals surface area contributed by atoms with Crippen LogP contribution in [-0.4, -0.2) is 29.8 Å². The second-order valence-electron chi connectivity index (χ2n) is 4.59. The van der Waals surface area contributed by atoms with Crippen molar-refractivity contribution in [1.82, 2.24) is 4.90 Å². The summed E-state index contributed by atoms with van der Waals surface area (Å²) in [4.78, 5) is 13.9. The minimum Gasteiger partial charge on any atom is -0.342 e. The third kappa shape index (κ3) is 3.67. The Bertz CT molecular complexity index is 208. The third-order valence-corrected chi connectivity index (χ3v) is 3.85. The van der Waals surface area contributed by atoms with Crippen molar-refractivity contribution in [2.24, 2.45) is 11.8 Å². The fraction of sp³-hybridized carbons (Fsp3) is 0.917. The average molecular weight is 232 g/mol. The smallest absolute Gasteiger partial charge is 0.226 e. The number of carbonyl (C=O) groups is 1. The molecule has 0 aliphatic carbocycles. The molecule has 1 rings (SSSR count). The normalized spacial score (nSPS) is 24.7. The van der Waals surface area contributed by atoms with E-state index in [0.29, 0.717) is 5.88 Å². The van der Waals surface area contributed by atoms with Gasteiger partial charge in [0.05, 0.1) is 0 Å². The largest absolute Gasteiger partial charge is 0.342 e. The van der Waals surface area contributed by atoms with Crippen LogP contribution >= 0.6 is 11.6 Å². The van der Waals surface area contributed by atoms with Gasteiger partial charge in [-0.15, -0.1) is 11.6 Å². The van der Waals surface area contributed by atoms with Gasteiger partial charge in [0.2, 0.25) is 5.91 Å². The Hall–Kier alpha value is -0.240. The summed E-state index contributed by atoms with van der Waals surface area (Å²) in [6, 6.07) is 0. The lowest BCUT2D eigenvalue weighted by Crippen LogP contribution is -2.36. The number of likely N-dealkylation sites (tertiary alicyclic amines) is 1. The number of nitrogens with zero attached hydrogens (tertiary/aromatic N) is 1. The van der Waals surface area contributed by atoms with Gasteiger partial charge in [0, 0.05) is 24.9 Å². The average Bonchev–Trinajstić information content (AvgIpc) is 2.51. The van der Waals surface area contributed by atoms with Crippen LogP contribution in [0.4, 0.5) is 0 Å². The molecule has 0 bridgehead atoms. The van der Waals surface area contributed by atoms with Gasteiger partial charge < -0.3 is 4.90 Å². The Balaban J connectivity index is 2.46. The van der Waals surface area contributed by atoms with Crippen LogP contribution in [0.15, 0.2) is 0 Å². The first kappa shape index (κ1) is 12.8. The molecule has 1 aliphatic rings. The third-order valence-electron chi connectivity index (χ3n) is 3.39. The fourth-order valence-corrected chi connectivity index (χ4v) is 2.30. The minimum atomic E-state index is -0.0233. The van der Waals surface area contributed by atoms with E-state index >= 15 is 0 Å². The highest BCUT2D eigenvalue weighted by Crippen LogP contribution is 2.21. The van der Waals surface area contributed by atoms with E-state index in [9.17, 15) is 4.79 Å². The second kappa shape index (κ2) is 6.37. The molecule has 2 nitrogen and oxygen atoms in total. The van der Waals surface area contributed by atoms with E-state index in [2.05, 4.69) is 6.92 Å². The molecule has 3 heteroatoms. The van der Waals surface area contributed by atoms with Crippen molar-refractivity contribution in [3.8, 4) is 0 Å². The van der Waals surface area contributed by atoms with Gasteiger partial charge in [-0.05, 0) is 25.2 Å². The number of hydrogen-bond donors (Lipinski definition) is 0. The van der Waals surface area contributed by atoms with E-state index in [1.54, 1.807) is 0 Å². The maximum Gasteiger partial charge on any atom is 0.226 e. The number of alkyl halides is 1. The second-order valence-corrected chi connectivity index (χ2v) is 4.89. The molecule has 0 aromatic heterocycles. The zero-order valence-electron chi connectivity index (χ0n) is 9.84. The predicted octanol–water partition coefficient (Wildman–Crippen LogP) is 2.90. The van der Waals surface area contributed by atoms with E-state index < -0.39 is 0 Å².